The molecule has 0 aromatic rings. The Morgan fingerprint density at radius 1 is 1.30 bits per heavy atom. The lowest BCUT2D eigenvalue weighted by molar-refractivity contribution is -0.243. The van der Waals surface area contributed by atoms with Crippen LogP contribution in [0.1, 0.15) is 25.7 Å². The average molecular weight is 276 g/mol. The third-order valence-electron chi connectivity index (χ3n) is 5.22. The Morgan fingerprint density at radius 3 is 2.70 bits per heavy atom. The highest BCUT2D eigenvalue weighted by atomic mass is 16.7. The van der Waals surface area contributed by atoms with Crippen molar-refractivity contribution in [3.8, 4) is 0 Å². The molecular weight excluding hydrogens is 252 g/mol. The number of rotatable bonds is 5. The van der Waals surface area contributed by atoms with E-state index in [2.05, 4.69) is 25.3 Å². The Morgan fingerprint density at radius 2 is 2.05 bits per heavy atom. The van der Waals surface area contributed by atoms with Gasteiger partial charge in [-0.05, 0) is 25.2 Å². The van der Waals surface area contributed by atoms with Crippen LogP contribution in [-0.4, -0.2) is 30.2 Å². The van der Waals surface area contributed by atoms with Crippen molar-refractivity contribution in [1.29, 1.82) is 0 Å². The average Bonchev–Trinajstić information content (AvgIpc) is 2.88. The van der Waals surface area contributed by atoms with Crippen LogP contribution in [-0.2, 0) is 9.47 Å². The largest absolute Gasteiger partial charge is 0.392 e. The van der Waals surface area contributed by atoms with Crippen LogP contribution in [0.5, 0.6) is 0 Å². The molecule has 20 heavy (non-hydrogen) atoms. The van der Waals surface area contributed by atoms with E-state index in [1.807, 2.05) is 6.08 Å². The lowest BCUT2D eigenvalue weighted by atomic mass is 9.53. The van der Waals surface area contributed by atoms with E-state index in [1.165, 1.54) is 0 Å². The SMILES string of the molecule is C=CC[C@H](O)[C@H]1CC2C=C[C@]1(CC=C)CC21OCCO1. The van der Waals surface area contributed by atoms with Gasteiger partial charge in [-0.15, -0.1) is 13.2 Å². The third-order valence-corrected chi connectivity index (χ3v) is 5.22. The van der Waals surface area contributed by atoms with Crippen molar-refractivity contribution >= 4 is 0 Å². The molecule has 4 atom stereocenters. The zero-order valence-corrected chi connectivity index (χ0v) is 12.0. The standard InChI is InChI=1S/C17H24O3/c1-3-5-15(18)14-11-13-6-8-16(14,7-4-2)12-17(13)19-9-10-20-17/h3-4,6,8,13-15,18H,1-2,5,7,9-12H2/t13?,14-,15+,16-/m1/s1. The van der Waals surface area contributed by atoms with Gasteiger partial charge < -0.3 is 14.6 Å². The van der Waals surface area contributed by atoms with Crippen LogP contribution >= 0.6 is 0 Å². The number of hydrogen-bond acceptors (Lipinski definition) is 3. The van der Waals surface area contributed by atoms with Crippen LogP contribution in [0.4, 0.5) is 0 Å². The molecule has 0 radical (unpaired) electrons. The molecule has 4 rings (SSSR count). The molecular formula is C17H24O3. The normalized spacial score (nSPS) is 39.0. The van der Waals surface area contributed by atoms with E-state index in [0.29, 0.717) is 19.6 Å². The summed E-state index contributed by atoms with van der Waals surface area (Å²) >= 11 is 0. The second kappa shape index (κ2) is 5.14. The molecule has 1 spiro atoms. The summed E-state index contributed by atoms with van der Waals surface area (Å²) in [4.78, 5) is 0. The summed E-state index contributed by atoms with van der Waals surface area (Å²) in [5.74, 6) is 0.0235. The Hall–Kier alpha value is -0.900. The van der Waals surface area contributed by atoms with Gasteiger partial charge in [0, 0.05) is 17.8 Å². The van der Waals surface area contributed by atoms with Crippen LogP contribution < -0.4 is 0 Å². The molecule has 1 aliphatic heterocycles. The molecule has 0 aromatic heterocycles. The predicted octanol–water partition coefficient (Wildman–Crippen LogP) is 2.83. The summed E-state index contributed by atoms with van der Waals surface area (Å²) in [6.07, 6.45) is 11.1. The number of aliphatic hydroxyl groups excluding tert-OH is 1. The first-order valence-electron chi connectivity index (χ1n) is 7.53. The van der Waals surface area contributed by atoms with Crippen LogP contribution in [0, 0.1) is 17.3 Å². The zero-order valence-electron chi connectivity index (χ0n) is 12.0. The fourth-order valence-corrected chi connectivity index (χ4v) is 4.35. The fourth-order valence-electron chi connectivity index (χ4n) is 4.35. The molecule has 2 fully saturated rings. The molecule has 3 heteroatoms. The first kappa shape index (κ1) is 14.1. The second-order valence-electron chi connectivity index (χ2n) is 6.31. The van der Waals surface area contributed by atoms with E-state index in [4.69, 9.17) is 9.47 Å². The van der Waals surface area contributed by atoms with E-state index in [9.17, 15) is 5.11 Å². The molecule has 2 bridgehead atoms. The molecule has 1 saturated heterocycles. The van der Waals surface area contributed by atoms with Gasteiger partial charge in [0.15, 0.2) is 5.79 Å². The van der Waals surface area contributed by atoms with Crippen molar-refractivity contribution in [1.82, 2.24) is 0 Å². The minimum absolute atomic E-state index is 0.0940. The first-order valence-corrected chi connectivity index (χ1v) is 7.53. The predicted molar refractivity (Wildman–Crippen MR) is 78.1 cm³/mol. The van der Waals surface area contributed by atoms with Crippen molar-refractivity contribution in [3.05, 3.63) is 37.5 Å². The first-order chi connectivity index (χ1) is 9.66. The highest BCUT2D eigenvalue weighted by Gasteiger charge is 2.59. The molecule has 0 aromatic carbocycles. The van der Waals surface area contributed by atoms with Crippen molar-refractivity contribution in [3.63, 3.8) is 0 Å². The van der Waals surface area contributed by atoms with Crippen LogP contribution in [0.3, 0.4) is 0 Å². The maximum absolute atomic E-state index is 10.5. The summed E-state index contributed by atoms with van der Waals surface area (Å²) in [7, 11) is 0. The minimum Gasteiger partial charge on any atom is -0.392 e. The lowest BCUT2D eigenvalue weighted by Gasteiger charge is -2.56. The summed E-state index contributed by atoms with van der Waals surface area (Å²) < 4.78 is 11.9. The maximum Gasteiger partial charge on any atom is 0.175 e. The van der Waals surface area contributed by atoms with Gasteiger partial charge >= 0.3 is 0 Å². The number of ether oxygens (including phenoxy) is 2. The van der Waals surface area contributed by atoms with E-state index in [-0.39, 0.29) is 23.4 Å². The van der Waals surface area contributed by atoms with Crippen LogP contribution in [0.2, 0.25) is 0 Å². The Bertz CT molecular complexity index is 422. The van der Waals surface area contributed by atoms with E-state index in [1.54, 1.807) is 6.08 Å². The Balaban J connectivity index is 1.92. The lowest BCUT2D eigenvalue weighted by Crippen LogP contribution is -2.56. The zero-order chi connectivity index (χ0) is 14.2. The van der Waals surface area contributed by atoms with Gasteiger partial charge in [0.05, 0.1) is 19.3 Å². The molecule has 1 saturated carbocycles. The molecule has 110 valence electrons. The van der Waals surface area contributed by atoms with Gasteiger partial charge in [-0.1, -0.05) is 24.3 Å². The van der Waals surface area contributed by atoms with Crippen LogP contribution in [0.15, 0.2) is 37.5 Å². The minimum atomic E-state index is -0.456. The summed E-state index contributed by atoms with van der Waals surface area (Å²) in [5, 5.41) is 10.5. The van der Waals surface area contributed by atoms with Crippen molar-refractivity contribution < 1.29 is 14.6 Å². The van der Waals surface area contributed by atoms with Gasteiger partial charge in [0.2, 0.25) is 0 Å². The molecule has 3 nitrogen and oxygen atoms in total. The monoisotopic (exact) mass is 276 g/mol. The van der Waals surface area contributed by atoms with Crippen molar-refractivity contribution in [2.45, 2.75) is 37.6 Å². The van der Waals surface area contributed by atoms with Gasteiger partial charge in [0.25, 0.3) is 0 Å². The van der Waals surface area contributed by atoms with Crippen molar-refractivity contribution in [2.24, 2.45) is 17.3 Å². The molecule has 1 N–H and O–H groups in total. The van der Waals surface area contributed by atoms with Crippen molar-refractivity contribution in [2.75, 3.05) is 13.2 Å². The Labute approximate surface area is 121 Å². The number of allylic oxidation sites excluding steroid dienone is 2. The number of fused-ring (bicyclic) bond motifs is 1. The smallest absolute Gasteiger partial charge is 0.175 e. The quantitative estimate of drug-likeness (QED) is 0.785. The summed E-state index contributed by atoms with van der Waals surface area (Å²) in [6.45, 7) is 9.00. The second-order valence-corrected chi connectivity index (χ2v) is 6.31. The molecule has 0 amide bonds. The molecule has 4 aliphatic rings. The number of hydrogen-bond donors (Lipinski definition) is 1. The number of aliphatic hydroxyl groups is 1. The van der Waals surface area contributed by atoms with Gasteiger partial charge in [-0.3, -0.25) is 0 Å². The third kappa shape index (κ3) is 2.00. The van der Waals surface area contributed by atoms with E-state index >= 15 is 0 Å². The van der Waals surface area contributed by atoms with Gasteiger partial charge in [-0.25, -0.2) is 0 Å². The van der Waals surface area contributed by atoms with Gasteiger partial charge in [0.1, 0.15) is 0 Å². The summed E-state index contributed by atoms with van der Waals surface area (Å²) in [6, 6.07) is 0. The molecule has 3 aliphatic carbocycles. The highest BCUT2D eigenvalue weighted by molar-refractivity contribution is 5.22. The van der Waals surface area contributed by atoms with Gasteiger partial charge in [-0.2, -0.15) is 0 Å². The van der Waals surface area contributed by atoms with Crippen LogP contribution in [0.25, 0.3) is 0 Å². The van der Waals surface area contributed by atoms with E-state index < -0.39 is 5.79 Å². The fraction of sp³-hybridized carbons (Fsp3) is 0.647. The Kier molecular flexibility index (Phi) is 3.61. The summed E-state index contributed by atoms with van der Waals surface area (Å²) in [5.41, 5.74) is -0.0940. The topological polar surface area (TPSA) is 38.7 Å². The highest BCUT2D eigenvalue weighted by Crippen LogP contribution is 2.59. The molecule has 1 heterocycles. The maximum atomic E-state index is 10.5. The molecule has 1 unspecified atom stereocenters. The van der Waals surface area contributed by atoms with E-state index in [0.717, 1.165) is 19.3 Å².